The molecule has 1 amide bonds. The summed E-state index contributed by atoms with van der Waals surface area (Å²) in [6.45, 7) is 7.27. The maximum atomic E-state index is 12.1. The Morgan fingerprint density at radius 1 is 1.46 bits per heavy atom. The van der Waals surface area contributed by atoms with Gasteiger partial charge in [0.05, 0.1) is 6.61 Å². The summed E-state index contributed by atoms with van der Waals surface area (Å²) in [5.41, 5.74) is 2.18. The highest BCUT2D eigenvalue weighted by Gasteiger charge is 2.22. The van der Waals surface area contributed by atoms with Crippen LogP contribution in [-0.2, 0) is 17.8 Å². The Kier molecular flexibility index (Phi) is 5.61. The third kappa shape index (κ3) is 4.20. The molecule has 2 N–H and O–H groups in total. The van der Waals surface area contributed by atoms with E-state index in [0.29, 0.717) is 25.5 Å². The molecule has 0 bridgehead atoms. The largest absolute Gasteiger partial charge is 0.494 e. The fourth-order valence-electron chi connectivity index (χ4n) is 3.49. The molecule has 3 rings (SSSR count). The van der Waals surface area contributed by atoms with E-state index in [1.165, 1.54) is 12.0 Å². The van der Waals surface area contributed by atoms with Crippen molar-refractivity contribution in [1.82, 2.24) is 10.6 Å². The molecule has 0 spiro atoms. The van der Waals surface area contributed by atoms with Crippen LogP contribution in [0.4, 0.5) is 0 Å². The van der Waals surface area contributed by atoms with Crippen LogP contribution in [0.2, 0.25) is 0 Å². The average molecular weight is 332 g/mol. The molecule has 2 atom stereocenters. The predicted octanol–water partition coefficient (Wildman–Crippen LogP) is 2.41. The van der Waals surface area contributed by atoms with Crippen molar-refractivity contribution in [2.45, 2.75) is 52.2 Å². The molecule has 2 unspecified atom stereocenters. The molecule has 2 aliphatic rings. The summed E-state index contributed by atoms with van der Waals surface area (Å²) in [7, 11) is 0. The fraction of sp³-hybridized carbons (Fsp3) is 0.632. The normalized spacial score (nSPS) is 22.1. The van der Waals surface area contributed by atoms with Crippen molar-refractivity contribution in [3.8, 4) is 11.5 Å². The smallest absolute Gasteiger partial charge is 0.220 e. The topological polar surface area (TPSA) is 59.6 Å². The van der Waals surface area contributed by atoms with Crippen molar-refractivity contribution in [2.75, 3.05) is 19.7 Å². The van der Waals surface area contributed by atoms with Gasteiger partial charge in [-0.3, -0.25) is 4.79 Å². The van der Waals surface area contributed by atoms with E-state index >= 15 is 0 Å². The van der Waals surface area contributed by atoms with E-state index in [9.17, 15) is 4.79 Å². The summed E-state index contributed by atoms with van der Waals surface area (Å²) in [6.07, 6.45) is 3.86. The zero-order valence-corrected chi connectivity index (χ0v) is 14.7. The van der Waals surface area contributed by atoms with Gasteiger partial charge >= 0.3 is 0 Å². The van der Waals surface area contributed by atoms with Gasteiger partial charge in [0.15, 0.2) is 0 Å². The zero-order chi connectivity index (χ0) is 16.9. The van der Waals surface area contributed by atoms with Crippen LogP contribution in [0.25, 0.3) is 0 Å². The lowest BCUT2D eigenvalue weighted by Crippen LogP contribution is -2.24. The number of fused-ring (bicyclic) bond motifs is 1. The first-order valence-electron chi connectivity index (χ1n) is 9.08. The van der Waals surface area contributed by atoms with E-state index in [2.05, 4.69) is 23.6 Å². The molecular weight excluding hydrogens is 304 g/mol. The molecule has 0 aromatic heterocycles. The third-order valence-electron chi connectivity index (χ3n) is 4.80. The Balaban J connectivity index is 1.57. The molecule has 2 heterocycles. The van der Waals surface area contributed by atoms with Crippen molar-refractivity contribution in [3.63, 3.8) is 0 Å². The minimum atomic E-state index is 0.110. The van der Waals surface area contributed by atoms with Crippen LogP contribution >= 0.6 is 0 Å². The Hall–Kier alpha value is -1.75. The number of hydrogen-bond acceptors (Lipinski definition) is 4. The van der Waals surface area contributed by atoms with E-state index < -0.39 is 0 Å². The van der Waals surface area contributed by atoms with Gasteiger partial charge in [-0.25, -0.2) is 0 Å². The van der Waals surface area contributed by atoms with Crippen molar-refractivity contribution in [1.29, 1.82) is 0 Å². The molecular formula is C19H28N2O3. The highest BCUT2D eigenvalue weighted by molar-refractivity contribution is 5.76. The van der Waals surface area contributed by atoms with Gasteiger partial charge in [-0.15, -0.1) is 0 Å². The van der Waals surface area contributed by atoms with Gasteiger partial charge in [-0.1, -0.05) is 0 Å². The van der Waals surface area contributed by atoms with Crippen LogP contribution in [0.3, 0.4) is 0 Å². The molecule has 132 valence electrons. The molecule has 24 heavy (non-hydrogen) atoms. The lowest BCUT2D eigenvalue weighted by Gasteiger charge is -2.14. The van der Waals surface area contributed by atoms with Crippen LogP contribution in [0.5, 0.6) is 11.5 Å². The standard InChI is InChI=1S/C19H28N2O3/c1-3-23-17-9-15-8-13(2)24-18(15)10-16(17)12-21-19(22)5-4-14-6-7-20-11-14/h9-10,13-14,20H,3-8,11-12H2,1-2H3,(H,21,22). The Morgan fingerprint density at radius 2 is 2.33 bits per heavy atom. The van der Waals surface area contributed by atoms with E-state index in [4.69, 9.17) is 9.47 Å². The first kappa shape index (κ1) is 17.1. The molecule has 0 aliphatic carbocycles. The summed E-state index contributed by atoms with van der Waals surface area (Å²) in [5.74, 6) is 2.53. The number of carbonyl (C=O) groups is 1. The van der Waals surface area contributed by atoms with Gasteiger partial charge in [0.2, 0.25) is 5.91 Å². The molecule has 1 aromatic rings. The monoisotopic (exact) mass is 332 g/mol. The van der Waals surface area contributed by atoms with Gasteiger partial charge in [-0.2, -0.15) is 0 Å². The van der Waals surface area contributed by atoms with E-state index in [-0.39, 0.29) is 12.0 Å². The molecule has 1 fully saturated rings. The Labute approximate surface area is 144 Å². The second-order valence-electron chi connectivity index (χ2n) is 6.81. The lowest BCUT2D eigenvalue weighted by molar-refractivity contribution is -0.121. The van der Waals surface area contributed by atoms with Gasteiger partial charge in [0.25, 0.3) is 0 Å². The van der Waals surface area contributed by atoms with Gasteiger partial charge in [0, 0.05) is 30.5 Å². The quantitative estimate of drug-likeness (QED) is 0.805. The number of nitrogens with one attached hydrogen (secondary N) is 2. The predicted molar refractivity (Wildman–Crippen MR) is 93.5 cm³/mol. The number of ether oxygens (including phenoxy) is 2. The van der Waals surface area contributed by atoms with E-state index in [1.807, 2.05) is 13.0 Å². The SMILES string of the molecule is CCOc1cc2c(cc1CNC(=O)CCC1CCNC1)OC(C)C2. The summed E-state index contributed by atoms with van der Waals surface area (Å²) >= 11 is 0. The van der Waals surface area contributed by atoms with Crippen LogP contribution in [0.1, 0.15) is 44.2 Å². The van der Waals surface area contributed by atoms with Crippen LogP contribution in [0.15, 0.2) is 12.1 Å². The maximum Gasteiger partial charge on any atom is 0.220 e. The summed E-state index contributed by atoms with van der Waals surface area (Å²) in [4.78, 5) is 12.1. The van der Waals surface area contributed by atoms with Gasteiger partial charge < -0.3 is 20.1 Å². The van der Waals surface area contributed by atoms with Crippen LogP contribution < -0.4 is 20.1 Å². The number of rotatable bonds is 7. The maximum absolute atomic E-state index is 12.1. The van der Waals surface area contributed by atoms with Crippen molar-refractivity contribution < 1.29 is 14.3 Å². The van der Waals surface area contributed by atoms with Gasteiger partial charge in [0.1, 0.15) is 17.6 Å². The summed E-state index contributed by atoms with van der Waals surface area (Å²) in [6, 6.07) is 4.08. The van der Waals surface area contributed by atoms with E-state index in [1.54, 1.807) is 0 Å². The number of carbonyl (C=O) groups excluding carboxylic acids is 1. The van der Waals surface area contributed by atoms with Crippen LogP contribution in [0, 0.1) is 5.92 Å². The lowest BCUT2D eigenvalue weighted by atomic mass is 10.0. The summed E-state index contributed by atoms with van der Waals surface area (Å²) in [5, 5.41) is 6.37. The first-order chi connectivity index (χ1) is 11.7. The fourth-order valence-corrected chi connectivity index (χ4v) is 3.49. The Morgan fingerprint density at radius 3 is 3.08 bits per heavy atom. The molecule has 2 aliphatic heterocycles. The minimum Gasteiger partial charge on any atom is -0.494 e. The second kappa shape index (κ2) is 7.88. The molecule has 1 aromatic carbocycles. The van der Waals surface area contributed by atoms with Crippen molar-refractivity contribution in [2.24, 2.45) is 5.92 Å². The zero-order valence-electron chi connectivity index (χ0n) is 14.7. The number of hydrogen-bond donors (Lipinski definition) is 2. The minimum absolute atomic E-state index is 0.110. The van der Waals surface area contributed by atoms with Gasteiger partial charge in [-0.05, 0) is 57.8 Å². The van der Waals surface area contributed by atoms with E-state index in [0.717, 1.165) is 43.0 Å². The molecule has 0 radical (unpaired) electrons. The van der Waals surface area contributed by atoms with Crippen LogP contribution in [-0.4, -0.2) is 31.7 Å². The first-order valence-corrected chi connectivity index (χ1v) is 9.08. The highest BCUT2D eigenvalue weighted by atomic mass is 16.5. The average Bonchev–Trinajstić information content (AvgIpc) is 3.19. The van der Waals surface area contributed by atoms with Crippen molar-refractivity contribution >= 4 is 5.91 Å². The van der Waals surface area contributed by atoms with Crippen molar-refractivity contribution in [3.05, 3.63) is 23.3 Å². The number of benzene rings is 1. The highest BCUT2D eigenvalue weighted by Crippen LogP contribution is 2.35. The molecule has 0 saturated carbocycles. The Bertz CT molecular complexity index is 582. The molecule has 5 nitrogen and oxygen atoms in total. The molecule has 5 heteroatoms. The number of amides is 1. The summed E-state index contributed by atoms with van der Waals surface area (Å²) < 4.78 is 11.6. The molecule has 1 saturated heterocycles. The second-order valence-corrected chi connectivity index (χ2v) is 6.81. The third-order valence-corrected chi connectivity index (χ3v) is 4.80.